The van der Waals surface area contributed by atoms with E-state index in [2.05, 4.69) is 5.32 Å². The van der Waals surface area contributed by atoms with Gasteiger partial charge in [-0.3, -0.25) is 4.79 Å². The lowest BCUT2D eigenvalue weighted by Crippen LogP contribution is -2.39. The summed E-state index contributed by atoms with van der Waals surface area (Å²) in [5.74, 6) is -0.0350. The van der Waals surface area contributed by atoms with Gasteiger partial charge in [0.2, 0.25) is 0 Å². The summed E-state index contributed by atoms with van der Waals surface area (Å²) in [6.45, 7) is 8.09. The number of carbonyl (C=O) groups excluding carboxylic acids is 1. The van der Waals surface area contributed by atoms with Crippen molar-refractivity contribution in [3.63, 3.8) is 0 Å². The maximum absolute atomic E-state index is 14.0. The van der Waals surface area contributed by atoms with Gasteiger partial charge in [-0.25, -0.2) is 4.39 Å². The standard InChI is InChI=1S/C18H28FN3O2/c1-18(2,3)24-16(23)12-21-11-13-7-9-22(10-8-13)17-14(19)5-4-6-15(17)20/h4-6,13,21H,7-12,20H2,1-3H3. The fourth-order valence-corrected chi connectivity index (χ4v) is 2.98. The van der Waals surface area contributed by atoms with E-state index in [1.807, 2.05) is 25.7 Å². The van der Waals surface area contributed by atoms with Crippen molar-refractivity contribution in [2.75, 3.05) is 36.8 Å². The first-order valence-electron chi connectivity index (χ1n) is 8.48. The van der Waals surface area contributed by atoms with Crippen LogP contribution in [0.1, 0.15) is 33.6 Å². The highest BCUT2D eigenvalue weighted by Crippen LogP contribution is 2.30. The Kier molecular flexibility index (Phi) is 6.04. The van der Waals surface area contributed by atoms with E-state index in [0.29, 0.717) is 17.3 Å². The van der Waals surface area contributed by atoms with Gasteiger partial charge in [-0.15, -0.1) is 0 Å². The van der Waals surface area contributed by atoms with Crippen LogP contribution in [-0.2, 0) is 9.53 Å². The Bertz CT molecular complexity index is 544. The van der Waals surface area contributed by atoms with Crippen LogP contribution in [0.4, 0.5) is 15.8 Å². The third-order valence-corrected chi connectivity index (χ3v) is 4.07. The number of rotatable bonds is 5. The van der Waals surface area contributed by atoms with Crippen LogP contribution >= 0.6 is 0 Å². The lowest BCUT2D eigenvalue weighted by Gasteiger charge is -2.34. The zero-order valence-electron chi connectivity index (χ0n) is 14.8. The molecule has 1 aromatic rings. The number of benzene rings is 1. The zero-order chi connectivity index (χ0) is 17.7. The van der Waals surface area contributed by atoms with E-state index in [1.54, 1.807) is 12.1 Å². The monoisotopic (exact) mass is 337 g/mol. The maximum atomic E-state index is 14.0. The molecule has 6 heteroatoms. The highest BCUT2D eigenvalue weighted by atomic mass is 19.1. The van der Waals surface area contributed by atoms with Crippen molar-refractivity contribution in [2.45, 2.75) is 39.2 Å². The smallest absolute Gasteiger partial charge is 0.320 e. The predicted octanol–water partition coefficient (Wildman–Crippen LogP) is 2.56. The Morgan fingerprint density at radius 3 is 2.62 bits per heavy atom. The maximum Gasteiger partial charge on any atom is 0.320 e. The Hall–Kier alpha value is -1.82. The van der Waals surface area contributed by atoms with Crippen molar-refractivity contribution in [1.29, 1.82) is 0 Å². The summed E-state index contributed by atoms with van der Waals surface area (Å²) in [6, 6.07) is 4.80. The van der Waals surface area contributed by atoms with Gasteiger partial charge in [0.15, 0.2) is 0 Å². The average molecular weight is 337 g/mol. The molecule has 0 radical (unpaired) electrons. The van der Waals surface area contributed by atoms with Crippen LogP contribution in [0.3, 0.4) is 0 Å². The van der Waals surface area contributed by atoms with Crippen molar-refractivity contribution < 1.29 is 13.9 Å². The number of para-hydroxylation sites is 1. The van der Waals surface area contributed by atoms with Gasteiger partial charge in [-0.1, -0.05) is 6.07 Å². The molecule has 1 heterocycles. The molecular weight excluding hydrogens is 309 g/mol. The molecule has 5 nitrogen and oxygen atoms in total. The van der Waals surface area contributed by atoms with Crippen LogP contribution in [-0.4, -0.2) is 37.7 Å². The van der Waals surface area contributed by atoms with Gasteiger partial charge in [0.1, 0.15) is 11.4 Å². The summed E-state index contributed by atoms with van der Waals surface area (Å²) < 4.78 is 19.2. The molecular formula is C18H28FN3O2. The second-order valence-electron chi connectivity index (χ2n) is 7.33. The second kappa shape index (κ2) is 7.83. The van der Waals surface area contributed by atoms with Crippen molar-refractivity contribution >= 4 is 17.3 Å². The first-order valence-corrected chi connectivity index (χ1v) is 8.48. The van der Waals surface area contributed by atoms with E-state index < -0.39 is 5.60 Å². The molecule has 0 atom stereocenters. The molecule has 0 aromatic heterocycles. The molecule has 0 bridgehead atoms. The molecule has 24 heavy (non-hydrogen) atoms. The Labute approximate surface area is 143 Å². The van der Waals surface area contributed by atoms with Gasteiger partial charge >= 0.3 is 5.97 Å². The molecule has 134 valence electrons. The third-order valence-electron chi connectivity index (χ3n) is 4.07. The number of piperidine rings is 1. The summed E-state index contributed by atoms with van der Waals surface area (Å²) in [6.07, 6.45) is 1.88. The SMILES string of the molecule is CC(C)(C)OC(=O)CNCC1CCN(c2c(N)cccc2F)CC1. The summed E-state index contributed by atoms with van der Waals surface area (Å²) in [7, 11) is 0. The van der Waals surface area contributed by atoms with Gasteiger partial charge in [0.25, 0.3) is 0 Å². The number of nitrogens with zero attached hydrogens (tertiary/aromatic N) is 1. The number of carbonyl (C=O) groups is 1. The number of nitrogen functional groups attached to an aromatic ring is 1. The lowest BCUT2D eigenvalue weighted by molar-refractivity contribution is -0.153. The molecule has 1 aliphatic heterocycles. The van der Waals surface area contributed by atoms with E-state index in [4.69, 9.17) is 10.5 Å². The molecule has 0 saturated carbocycles. The predicted molar refractivity (Wildman–Crippen MR) is 94.5 cm³/mol. The molecule has 0 spiro atoms. The van der Waals surface area contributed by atoms with Gasteiger partial charge in [0, 0.05) is 13.1 Å². The largest absolute Gasteiger partial charge is 0.459 e. The summed E-state index contributed by atoms with van der Waals surface area (Å²) in [4.78, 5) is 13.7. The van der Waals surface area contributed by atoms with E-state index in [0.717, 1.165) is 32.5 Å². The highest BCUT2D eigenvalue weighted by molar-refractivity contribution is 5.72. The number of halogens is 1. The minimum atomic E-state index is -0.455. The Balaban J connectivity index is 1.74. The van der Waals surface area contributed by atoms with Crippen molar-refractivity contribution in [3.8, 4) is 0 Å². The van der Waals surface area contributed by atoms with Crippen molar-refractivity contribution in [2.24, 2.45) is 5.92 Å². The fraction of sp³-hybridized carbons (Fsp3) is 0.611. The molecule has 0 aliphatic carbocycles. The van der Waals surface area contributed by atoms with Crippen LogP contribution in [0, 0.1) is 11.7 Å². The minimum Gasteiger partial charge on any atom is -0.459 e. The molecule has 1 aromatic carbocycles. The van der Waals surface area contributed by atoms with Gasteiger partial charge in [0.05, 0.1) is 17.9 Å². The molecule has 1 aliphatic rings. The van der Waals surface area contributed by atoms with Gasteiger partial charge < -0.3 is 20.7 Å². The van der Waals surface area contributed by atoms with E-state index in [1.165, 1.54) is 6.07 Å². The first kappa shape index (κ1) is 18.5. The first-order chi connectivity index (χ1) is 11.3. The molecule has 3 N–H and O–H groups in total. The van der Waals surface area contributed by atoms with Crippen LogP contribution in [0.15, 0.2) is 18.2 Å². The number of hydrogen-bond acceptors (Lipinski definition) is 5. The zero-order valence-corrected chi connectivity index (χ0v) is 14.8. The van der Waals surface area contributed by atoms with E-state index in [-0.39, 0.29) is 18.3 Å². The van der Waals surface area contributed by atoms with Gasteiger partial charge in [-0.05, 0) is 58.2 Å². The Morgan fingerprint density at radius 2 is 2.04 bits per heavy atom. The van der Waals surface area contributed by atoms with Crippen LogP contribution in [0.25, 0.3) is 0 Å². The summed E-state index contributed by atoms with van der Waals surface area (Å²) >= 11 is 0. The summed E-state index contributed by atoms with van der Waals surface area (Å²) in [5, 5.41) is 3.16. The summed E-state index contributed by atoms with van der Waals surface area (Å²) in [5.41, 5.74) is 6.45. The molecule has 0 unspecified atom stereocenters. The van der Waals surface area contributed by atoms with Crippen LogP contribution in [0.2, 0.25) is 0 Å². The molecule has 1 saturated heterocycles. The van der Waals surface area contributed by atoms with Gasteiger partial charge in [-0.2, -0.15) is 0 Å². The normalized spacial score (nSPS) is 16.2. The molecule has 1 fully saturated rings. The minimum absolute atomic E-state index is 0.220. The third kappa shape index (κ3) is 5.37. The van der Waals surface area contributed by atoms with Crippen LogP contribution in [0.5, 0.6) is 0 Å². The second-order valence-corrected chi connectivity index (χ2v) is 7.33. The van der Waals surface area contributed by atoms with E-state index in [9.17, 15) is 9.18 Å². The molecule has 2 rings (SSSR count). The number of hydrogen-bond donors (Lipinski definition) is 2. The van der Waals surface area contributed by atoms with Crippen molar-refractivity contribution in [3.05, 3.63) is 24.0 Å². The molecule has 0 amide bonds. The number of nitrogens with two attached hydrogens (primary N) is 1. The van der Waals surface area contributed by atoms with E-state index >= 15 is 0 Å². The number of ether oxygens (including phenoxy) is 1. The average Bonchev–Trinajstić information content (AvgIpc) is 2.47. The fourth-order valence-electron chi connectivity index (χ4n) is 2.98. The number of nitrogens with one attached hydrogen (secondary N) is 1. The topological polar surface area (TPSA) is 67.6 Å². The number of anilines is 2. The lowest BCUT2D eigenvalue weighted by atomic mass is 9.96. The van der Waals surface area contributed by atoms with Crippen molar-refractivity contribution in [1.82, 2.24) is 5.32 Å². The van der Waals surface area contributed by atoms with Crippen LogP contribution < -0.4 is 16.0 Å². The number of esters is 1. The quantitative estimate of drug-likeness (QED) is 0.638. The highest BCUT2D eigenvalue weighted by Gasteiger charge is 2.23. The Morgan fingerprint density at radius 1 is 1.38 bits per heavy atom.